The molecule has 3 nitrogen and oxygen atoms in total. The fourth-order valence-corrected chi connectivity index (χ4v) is 5.00. The van der Waals surface area contributed by atoms with Crippen LogP contribution in [0.3, 0.4) is 0 Å². The Bertz CT molecular complexity index is 590. The Morgan fingerprint density at radius 3 is 2.23 bits per heavy atom. The summed E-state index contributed by atoms with van der Waals surface area (Å²) in [7, 11) is -3.45. The highest BCUT2D eigenvalue weighted by Crippen LogP contribution is 2.26. The molecule has 0 aromatic heterocycles. The van der Waals surface area contributed by atoms with Gasteiger partial charge in [-0.15, -0.1) is 0 Å². The molecule has 1 saturated carbocycles. The minimum atomic E-state index is -3.45. The zero-order valence-corrected chi connectivity index (χ0v) is 16.0. The molecule has 2 rings (SSSR count). The summed E-state index contributed by atoms with van der Waals surface area (Å²) in [6, 6.07) is 7.22. The monoisotopic (exact) mass is 387 g/mol. The van der Waals surface area contributed by atoms with Gasteiger partial charge < -0.3 is 0 Å². The number of hydrogen-bond donors (Lipinski definition) is 1. The number of benzene rings is 1. The van der Waals surface area contributed by atoms with Crippen LogP contribution in [0.25, 0.3) is 0 Å². The Morgan fingerprint density at radius 2 is 1.64 bits per heavy atom. The summed E-state index contributed by atoms with van der Waals surface area (Å²) in [5.74, 6) is 0. The Morgan fingerprint density at radius 1 is 1.05 bits per heavy atom. The lowest BCUT2D eigenvalue weighted by atomic mass is 9.87. The lowest BCUT2D eigenvalue weighted by Crippen LogP contribution is -2.40. The molecule has 124 valence electrons. The third kappa shape index (κ3) is 4.56. The molecule has 2 atom stereocenters. The average molecular weight is 388 g/mol. The second kappa shape index (κ2) is 7.02. The third-order valence-corrected chi connectivity index (χ3v) is 6.87. The molecule has 22 heavy (non-hydrogen) atoms. The summed E-state index contributed by atoms with van der Waals surface area (Å²) in [5.41, 5.74) is 1.16. The normalized spacial score (nSPS) is 24.0. The largest absolute Gasteiger partial charge is 0.240 e. The highest BCUT2D eigenvalue weighted by atomic mass is 79.9. The van der Waals surface area contributed by atoms with Crippen LogP contribution in [0.1, 0.15) is 58.4 Å². The minimum Gasteiger partial charge on any atom is -0.207 e. The summed E-state index contributed by atoms with van der Waals surface area (Å²) in [6.45, 7) is 6.36. The van der Waals surface area contributed by atoms with E-state index in [-0.39, 0.29) is 16.3 Å². The number of alkyl halides is 1. The van der Waals surface area contributed by atoms with Crippen LogP contribution in [0.5, 0.6) is 0 Å². The number of nitrogens with one attached hydrogen (secondary N) is 1. The van der Waals surface area contributed by atoms with Crippen LogP contribution < -0.4 is 4.72 Å². The maximum Gasteiger partial charge on any atom is 0.240 e. The number of sulfonamides is 1. The van der Waals surface area contributed by atoms with E-state index >= 15 is 0 Å². The fraction of sp³-hybridized carbons (Fsp3) is 0.647. The van der Waals surface area contributed by atoms with E-state index in [4.69, 9.17) is 0 Å². The SMILES string of the molecule is CC(C)(C)c1ccc(S(=O)(=O)N[C@@H]2CCCCC[C@H]2Br)cc1. The molecule has 0 bridgehead atoms. The lowest BCUT2D eigenvalue weighted by Gasteiger charge is -2.22. The van der Waals surface area contributed by atoms with E-state index in [0.29, 0.717) is 4.90 Å². The summed E-state index contributed by atoms with van der Waals surface area (Å²) < 4.78 is 28.1. The smallest absolute Gasteiger partial charge is 0.207 e. The van der Waals surface area contributed by atoms with Crippen molar-refractivity contribution in [1.82, 2.24) is 4.72 Å². The predicted octanol–water partition coefficient (Wildman–Crippen LogP) is 4.36. The van der Waals surface area contributed by atoms with Crippen LogP contribution in [0.4, 0.5) is 0 Å². The van der Waals surface area contributed by atoms with E-state index < -0.39 is 10.0 Å². The minimum absolute atomic E-state index is 0.0187. The van der Waals surface area contributed by atoms with E-state index in [2.05, 4.69) is 41.4 Å². The summed E-state index contributed by atoms with van der Waals surface area (Å²) >= 11 is 3.64. The predicted molar refractivity (Wildman–Crippen MR) is 95.1 cm³/mol. The molecule has 0 saturated heterocycles. The quantitative estimate of drug-likeness (QED) is 0.618. The van der Waals surface area contributed by atoms with Crippen LogP contribution in [-0.4, -0.2) is 19.3 Å². The van der Waals surface area contributed by atoms with Crippen molar-refractivity contribution >= 4 is 26.0 Å². The zero-order chi connectivity index (χ0) is 16.4. The van der Waals surface area contributed by atoms with Gasteiger partial charge in [0.2, 0.25) is 10.0 Å². The zero-order valence-electron chi connectivity index (χ0n) is 13.6. The highest BCUT2D eigenvalue weighted by Gasteiger charge is 2.27. The van der Waals surface area contributed by atoms with Gasteiger partial charge in [-0.05, 0) is 36.0 Å². The van der Waals surface area contributed by atoms with Gasteiger partial charge in [0.05, 0.1) is 4.90 Å². The molecule has 0 radical (unpaired) electrons. The first kappa shape index (κ1) is 18.0. The molecule has 1 aliphatic rings. The Hall–Kier alpha value is -0.390. The molecule has 1 aliphatic carbocycles. The van der Waals surface area contributed by atoms with Gasteiger partial charge in [0, 0.05) is 10.9 Å². The molecule has 0 spiro atoms. The van der Waals surface area contributed by atoms with Crippen LogP contribution in [0.2, 0.25) is 0 Å². The van der Waals surface area contributed by atoms with Gasteiger partial charge in [0.25, 0.3) is 0 Å². The standard InChI is InChI=1S/C17H26BrNO2S/c1-17(2,3)13-9-11-14(12-10-13)22(20,21)19-16-8-6-4-5-7-15(16)18/h9-12,15-16,19H,4-8H2,1-3H3/t15-,16-/m1/s1. The van der Waals surface area contributed by atoms with Gasteiger partial charge in [-0.1, -0.05) is 68.1 Å². The van der Waals surface area contributed by atoms with E-state index in [1.165, 1.54) is 6.42 Å². The maximum absolute atomic E-state index is 12.6. The van der Waals surface area contributed by atoms with Gasteiger partial charge >= 0.3 is 0 Å². The van der Waals surface area contributed by atoms with Gasteiger partial charge in [-0.2, -0.15) is 0 Å². The first-order chi connectivity index (χ1) is 10.2. The van der Waals surface area contributed by atoms with Crippen LogP contribution in [0.15, 0.2) is 29.2 Å². The lowest BCUT2D eigenvalue weighted by molar-refractivity contribution is 0.520. The molecule has 1 fully saturated rings. The Labute approximate surface area is 143 Å². The molecule has 5 heteroatoms. The molecule has 0 amide bonds. The van der Waals surface area contributed by atoms with Crippen molar-refractivity contribution in [2.45, 2.75) is 74.1 Å². The second-order valence-electron chi connectivity index (χ2n) is 7.16. The number of rotatable bonds is 3. The highest BCUT2D eigenvalue weighted by molar-refractivity contribution is 9.09. The van der Waals surface area contributed by atoms with Crippen molar-refractivity contribution in [2.75, 3.05) is 0 Å². The van der Waals surface area contributed by atoms with Crippen LogP contribution >= 0.6 is 15.9 Å². The molecule has 1 aromatic carbocycles. The second-order valence-corrected chi connectivity index (χ2v) is 10.0. The third-order valence-electron chi connectivity index (χ3n) is 4.27. The van der Waals surface area contributed by atoms with E-state index in [1.807, 2.05) is 12.1 Å². The molecular weight excluding hydrogens is 362 g/mol. The number of hydrogen-bond acceptors (Lipinski definition) is 2. The van der Waals surface area contributed by atoms with Gasteiger partial charge in [0.1, 0.15) is 0 Å². The Kier molecular flexibility index (Phi) is 5.73. The van der Waals surface area contributed by atoms with Gasteiger partial charge in [-0.25, -0.2) is 13.1 Å². The van der Waals surface area contributed by atoms with Crippen LogP contribution in [-0.2, 0) is 15.4 Å². The van der Waals surface area contributed by atoms with Crippen molar-refractivity contribution in [3.63, 3.8) is 0 Å². The van der Waals surface area contributed by atoms with Crippen molar-refractivity contribution in [3.8, 4) is 0 Å². The van der Waals surface area contributed by atoms with Crippen molar-refractivity contribution in [3.05, 3.63) is 29.8 Å². The molecule has 1 N–H and O–H groups in total. The van der Waals surface area contributed by atoms with E-state index in [9.17, 15) is 8.42 Å². The summed E-state index contributed by atoms with van der Waals surface area (Å²) in [4.78, 5) is 0.572. The van der Waals surface area contributed by atoms with Crippen molar-refractivity contribution in [1.29, 1.82) is 0 Å². The first-order valence-electron chi connectivity index (χ1n) is 7.97. The van der Waals surface area contributed by atoms with Crippen LogP contribution in [0, 0.1) is 0 Å². The van der Waals surface area contributed by atoms with Gasteiger partial charge in [0.15, 0.2) is 0 Å². The first-order valence-corrected chi connectivity index (χ1v) is 10.4. The van der Waals surface area contributed by atoms with E-state index in [0.717, 1.165) is 31.2 Å². The average Bonchev–Trinajstić information content (AvgIpc) is 2.63. The molecule has 0 aliphatic heterocycles. The Balaban J connectivity index is 2.16. The molecule has 0 heterocycles. The fourth-order valence-electron chi connectivity index (χ4n) is 2.80. The molecule has 0 unspecified atom stereocenters. The van der Waals surface area contributed by atoms with Gasteiger partial charge in [-0.3, -0.25) is 0 Å². The van der Waals surface area contributed by atoms with E-state index in [1.54, 1.807) is 12.1 Å². The maximum atomic E-state index is 12.6. The molecular formula is C17H26BrNO2S. The topological polar surface area (TPSA) is 46.2 Å². The summed E-state index contributed by atoms with van der Waals surface area (Å²) in [5, 5.41) is 0. The number of halogens is 1. The summed E-state index contributed by atoms with van der Waals surface area (Å²) in [6.07, 6.45) is 5.35. The van der Waals surface area contributed by atoms with Crippen molar-refractivity contribution in [2.24, 2.45) is 0 Å². The molecule has 1 aromatic rings. The van der Waals surface area contributed by atoms with Crippen molar-refractivity contribution < 1.29 is 8.42 Å².